The van der Waals surface area contributed by atoms with Crippen LogP contribution in [0.4, 0.5) is 0 Å². The number of halogens is 1. The molecule has 3 rings (SSSR count). The summed E-state index contributed by atoms with van der Waals surface area (Å²) < 4.78 is 27.9. The third-order valence-electron chi connectivity index (χ3n) is 4.50. The Balaban J connectivity index is 1.83. The van der Waals surface area contributed by atoms with E-state index in [0.29, 0.717) is 22.6 Å². The highest BCUT2D eigenvalue weighted by Gasteiger charge is 2.42. The van der Waals surface area contributed by atoms with Gasteiger partial charge in [0.05, 0.1) is 0 Å². The van der Waals surface area contributed by atoms with Crippen LogP contribution in [0.25, 0.3) is 0 Å². The Morgan fingerprint density at radius 3 is 2.85 bits per heavy atom. The number of rotatable bonds is 4. The van der Waals surface area contributed by atoms with E-state index in [1.54, 1.807) is 10.4 Å². The monoisotopic (exact) mass is 333 g/mol. The van der Waals surface area contributed by atoms with Gasteiger partial charge in [0.1, 0.15) is 4.21 Å². The van der Waals surface area contributed by atoms with Crippen molar-refractivity contribution in [2.75, 3.05) is 12.4 Å². The smallest absolute Gasteiger partial charge is 0.206 e. The number of thiophene rings is 1. The van der Waals surface area contributed by atoms with Gasteiger partial charge >= 0.3 is 0 Å². The second-order valence-electron chi connectivity index (χ2n) is 5.68. The van der Waals surface area contributed by atoms with Gasteiger partial charge in [-0.05, 0) is 43.7 Å². The summed E-state index contributed by atoms with van der Waals surface area (Å²) in [7, 11) is -3.30. The Bertz CT molecular complexity index is 569. The number of nitrogens with zero attached hydrogens (tertiary/aromatic N) is 1. The van der Waals surface area contributed by atoms with E-state index in [1.165, 1.54) is 24.2 Å². The molecule has 2 aliphatic rings. The molecule has 0 spiro atoms. The van der Waals surface area contributed by atoms with Gasteiger partial charge < -0.3 is 0 Å². The third-order valence-corrected chi connectivity index (χ3v) is 8.23. The van der Waals surface area contributed by atoms with Crippen LogP contribution in [0.15, 0.2) is 16.3 Å². The molecule has 2 heterocycles. The van der Waals surface area contributed by atoms with Gasteiger partial charge in [-0.15, -0.1) is 22.9 Å². The molecule has 1 aromatic rings. The minimum absolute atomic E-state index is 0.243. The number of aryl methyl sites for hydroxylation is 1. The minimum Gasteiger partial charge on any atom is -0.206 e. The van der Waals surface area contributed by atoms with Gasteiger partial charge in [0.2, 0.25) is 0 Å². The average Bonchev–Trinajstić information content (AvgIpc) is 3.05. The van der Waals surface area contributed by atoms with E-state index < -0.39 is 10.0 Å². The summed E-state index contributed by atoms with van der Waals surface area (Å²) >= 11 is 7.10. The fourth-order valence-corrected chi connectivity index (χ4v) is 7.03. The lowest BCUT2D eigenvalue weighted by Crippen LogP contribution is -2.38. The lowest BCUT2D eigenvalue weighted by atomic mass is 9.86. The quantitative estimate of drug-likeness (QED) is 0.791. The topological polar surface area (TPSA) is 37.4 Å². The van der Waals surface area contributed by atoms with Crippen LogP contribution in [-0.2, 0) is 16.4 Å². The normalized spacial score (nSPS) is 27.6. The summed E-state index contributed by atoms with van der Waals surface area (Å²) in [5, 5.41) is 0. The van der Waals surface area contributed by atoms with Gasteiger partial charge in [-0.1, -0.05) is 12.8 Å². The molecular weight excluding hydrogens is 314 g/mol. The molecule has 2 fully saturated rings. The van der Waals surface area contributed by atoms with Crippen molar-refractivity contribution in [3.05, 3.63) is 17.0 Å². The predicted molar refractivity (Wildman–Crippen MR) is 83.0 cm³/mol. The van der Waals surface area contributed by atoms with Crippen molar-refractivity contribution in [2.24, 2.45) is 5.92 Å². The number of sulfonamides is 1. The largest absolute Gasteiger partial charge is 0.252 e. The summed E-state index contributed by atoms with van der Waals surface area (Å²) in [6.45, 7) is 0.695. The van der Waals surface area contributed by atoms with Crippen LogP contribution in [0.3, 0.4) is 0 Å². The first-order valence-electron chi connectivity index (χ1n) is 7.29. The van der Waals surface area contributed by atoms with Crippen LogP contribution < -0.4 is 0 Å². The van der Waals surface area contributed by atoms with Crippen molar-refractivity contribution in [3.8, 4) is 0 Å². The Kier molecular flexibility index (Phi) is 4.41. The highest BCUT2D eigenvalue weighted by atomic mass is 35.5. The molecule has 1 aromatic heterocycles. The maximum atomic E-state index is 12.8. The van der Waals surface area contributed by atoms with Gasteiger partial charge in [-0.2, -0.15) is 4.31 Å². The van der Waals surface area contributed by atoms with Crippen LogP contribution >= 0.6 is 22.9 Å². The number of hydrogen-bond acceptors (Lipinski definition) is 3. The lowest BCUT2D eigenvalue weighted by Gasteiger charge is -2.30. The van der Waals surface area contributed by atoms with E-state index in [2.05, 4.69) is 0 Å². The van der Waals surface area contributed by atoms with E-state index in [0.717, 1.165) is 30.6 Å². The molecule has 2 unspecified atom stereocenters. The first kappa shape index (κ1) is 14.8. The molecule has 1 aliphatic heterocycles. The maximum Gasteiger partial charge on any atom is 0.252 e. The molecule has 20 heavy (non-hydrogen) atoms. The molecule has 3 nitrogen and oxygen atoms in total. The SMILES string of the molecule is O=S(=O)(c1ccc(CCCl)s1)N1CCC2CCCCC21. The lowest BCUT2D eigenvalue weighted by molar-refractivity contribution is 0.260. The van der Waals surface area contributed by atoms with E-state index in [-0.39, 0.29) is 6.04 Å². The van der Waals surface area contributed by atoms with E-state index >= 15 is 0 Å². The molecule has 6 heteroatoms. The first-order valence-corrected chi connectivity index (χ1v) is 10.1. The molecule has 1 saturated heterocycles. The molecule has 1 saturated carbocycles. The molecule has 0 amide bonds. The van der Waals surface area contributed by atoms with Crippen molar-refractivity contribution in [2.45, 2.75) is 48.8 Å². The highest BCUT2D eigenvalue weighted by molar-refractivity contribution is 7.91. The summed E-state index contributed by atoms with van der Waals surface area (Å²) in [5.74, 6) is 1.12. The molecular formula is C14H20ClNO2S2. The summed E-state index contributed by atoms with van der Waals surface area (Å²) in [6.07, 6.45) is 6.42. The first-order chi connectivity index (χ1) is 9.63. The number of fused-ring (bicyclic) bond motifs is 1. The van der Waals surface area contributed by atoms with Crippen molar-refractivity contribution in [1.82, 2.24) is 4.31 Å². The number of hydrogen-bond donors (Lipinski definition) is 0. The second kappa shape index (κ2) is 5.95. The van der Waals surface area contributed by atoms with Crippen molar-refractivity contribution >= 4 is 33.0 Å². The van der Waals surface area contributed by atoms with Crippen molar-refractivity contribution in [1.29, 1.82) is 0 Å². The molecule has 0 radical (unpaired) electrons. The second-order valence-corrected chi connectivity index (χ2v) is 9.34. The van der Waals surface area contributed by atoms with Crippen LogP contribution in [0.1, 0.15) is 37.0 Å². The fraction of sp³-hybridized carbons (Fsp3) is 0.714. The van der Waals surface area contributed by atoms with E-state index in [4.69, 9.17) is 11.6 Å². The van der Waals surface area contributed by atoms with Crippen molar-refractivity contribution in [3.63, 3.8) is 0 Å². The van der Waals surface area contributed by atoms with Gasteiger partial charge in [0, 0.05) is 23.3 Å². The average molecular weight is 334 g/mol. The van der Waals surface area contributed by atoms with Crippen LogP contribution in [0.2, 0.25) is 0 Å². The Morgan fingerprint density at radius 1 is 1.25 bits per heavy atom. The fourth-order valence-electron chi connectivity index (χ4n) is 3.50. The van der Waals surface area contributed by atoms with E-state index in [1.807, 2.05) is 6.07 Å². The summed E-state index contributed by atoms with van der Waals surface area (Å²) in [6, 6.07) is 3.89. The summed E-state index contributed by atoms with van der Waals surface area (Å²) in [5.41, 5.74) is 0. The Labute approximate surface area is 130 Å². The molecule has 0 aromatic carbocycles. The minimum atomic E-state index is -3.30. The standard InChI is InChI=1S/C14H20ClNO2S2/c15-9-7-12-5-6-14(19-12)20(17,18)16-10-8-11-3-1-2-4-13(11)16/h5-6,11,13H,1-4,7-10H2. The molecule has 1 aliphatic carbocycles. The predicted octanol–water partition coefficient (Wildman–Crippen LogP) is 3.48. The molecule has 112 valence electrons. The zero-order valence-corrected chi connectivity index (χ0v) is 13.8. The zero-order chi connectivity index (χ0) is 14.2. The highest BCUT2D eigenvalue weighted by Crippen LogP contribution is 2.40. The van der Waals surface area contributed by atoms with Crippen LogP contribution in [0, 0.1) is 5.92 Å². The molecule has 0 N–H and O–H groups in total. The van der Waals surface area contributed by atoms with Gasteiger partial charge in [-0.25, -0.2) is 8.42 Å². The summed E-state index contributed by atoms with van der Waals surface area (Å²) in [4.78, 5) is 1.05. The third kappa shape index (κ3) is 2.65. The van der Waals surface area contributed by atoms with Crippen molar-refractivity contribution < 1.29 is 8.42 Å². The molecule has 2 atom stereocenters. The van der Waals surface area contributed by atoms with Gasteiger partial charge in [0.15, 0.2) is 0 Å². The van der Waals surface area contributed by atoms with Crippen LogP contribution in [0.5, 0.6) is 0 Å². The van der Waals surface area contributed by atoms with Gasteiger partial charge in [-0.3, -0.25) is 0 Å². The van der Waals surface area contributed by atoms with Crippen LogP contribution in [-0.4, -0.2) is 31.2 Å². The Hall–Kier alpha value is -0.100. The zero-order valence-electron chi connectivity index (χ0n) is 11.4. The number of alkyl halides is 1. The van der Waals surface area contributed by atoms with E-state index in [9.17, 15) is 8.42 Å². The maximum absolute atomic E-state index is 12.8. The Morgan fingerprint density at radius 2 is 2.05 bits per heavy atom. The van der Waals surface area contributed by atoms with Gasteiger partial charge in [0.25, 0.3) is 10.0 Å². The molecule has 0 bridgehead atoms.